The van der Waals surface area contributed by atoms with Gasteiger partial charge in [-0.1, -0.05) is 17.7 Å². The molecule has 3 rings (SSSR count). The molecule has 1 aromatic rings. The van der Waals surface area contributed by atoms with Crippen LogP contribution < -0.4 is 0 Å². The van der Waals surface area contributed by atoms with Gasteiger partial charge in [0, 0.05) is 25.6 Å². The summed E-state index contributed by atoms with van der Waals surface area (Å²) in [5, 5.41) is 9.05. The molecule has 0 radical (unpaired) electrons. The molecule has 24 heavy (non-hydrogen) atoms. The van der Waals surface area contributed by atoms with E-state index in [4.69, 9.17) is 9.84 Å². The first-order valence-electron chi connectivity index (χ1n) is 7.96. The highest BCUT2D eigenvalue weighted by molar-refractivity contribution is 7.89. The molecule has 0 amide bonds. The molecular weight excluding hydrogens is 332 g/mol. The number of nitrogens with zero attached hydrogens (tertiary/aromatic N) is 2. The molecular formula is C16H22N2O5S. The van der Waals surface area contributed by atoms with Crippen LogP contribution in [0.2, 0.25) is 0 Å². The number of benzene rings is 1. The molecule has 132 valence electrons. The Balaban J connectivity index is 1.89. The summed E-state index contributed by atoms with van der Waals surface area (Å²) in [4.78, 5) is 13.1. The third-order valence-electron chi connectivity index (χ3n) is 4.48. The first kappa shape index (κ1) is 17.3. The lowest BCUT2D eigenvalue weighted by atomic mass is 10.1. The summed E-state index contributed by atoms with van der Waals surface area (Å²) in [5.74, 6) is -0.930. The van der Waals surface area contributed by atoms with Gasteiger partial charge in [0.15, 0.2) is 0 Å². The number of fused-ring (bicyclic) bond motifs is 3. The van der Waals surface area contributed by atoms with Gasteiger partial charge in [-0.3, -0.25) is 9.69 Å². The molecule has 0 aliphatic carbocycles. The van der Waals surface area contributed by atoms with Crippen LogP contribution in [0.5, 0.6) is 0 Å². The average molecular weight is 354 g/mol. The van der Waals surface area contributed by atoms with Gasteiger partial charge in [-0.05, 0) is 19.1 Å². The molecule has 2 heterocycles. The monoisotopic (exact) mass is 354 g/mol. The average Bonchev–Trinajstić information content (AvgIpc) is 2.78. The van der Waals surface area contributed by atoms with E-state index in [-0.39, 0.29) is 30.0 Å². The van der Waals surface area contributed by atoms with Crippen molar-refractivity contribution in [1.82, 2.24) is 9.21 Å². The second kappa shape index (κ2) is 6.79. The first-order chi connectivity index (χ1) is 11.4. The van der Waals surface area contributed by atoms with E-state index in [2.05, 4.69) is 0 Å². The molecule has 1 N–H and O–H groups in total. The fourth-order valence-electron chi connectivity index (χ4n) is 3.36. The smallest absolute Gasteiger partial charge is 0.317 e. The van der Waals surface area contributed by atoms with Crippen LogP contribution >= 0.6 is 0 Å². The minimum atomic E-state index is -3.63. The number of carbonyl (C=O) groups is 1. The molecule has 2 fully saturated rings. The van der Waals surface area contributed by atoms with Gasteiger partial charge in [-0.25, -0.2) is 8.42 Å². The van der Waals surface area contributed by atoms with Crippen molar-refractivity contribution in [3.05, 3.63) is 29.8 Å². The van der Waals surface area contributed by atoms with E-state index in [1.54, 1.807) is 24.3 Å². The number of aryl methyl sites for hydroxylation is 1. The second-order valence-corrected chi connectivity index (χ2v) is 8.42. The van der Waals surface area contributed by atoms with Crippen LogP contribution in [0.1, 0.15) is 5.56 Å². The molecule has 2 saturated heterocycles. The predicted octanol–water partition coefficient (Wildman–Crippen LogP) is 0.401. The summed E-state index contributed by atoms with van der Waals surface area (Å²) in [6.07, 6.45) is 0. The number of aliphatic carboxylic acids is 1. The van der Waals surface area contributed by atoms with Crippen molar-refractivity contribution in [3.8, 4) is 0 Å². The largest absolute Gasteiger partial charge is 0.480 e. The Morgan fingerprint density at radius 1 is 1.21 bits per heavy atom. The van der Waals surface area contributed by atoms with Gasteiger partial charge in [0.2, 0.25) is 10.0 Å². The normalized spacial score (nSPS) is 26.0. The highest BCUT2D eigenvalue weighted by atomic mass is 32.2. The van der Waals surface area contributed by atoms with Gasteiger partial charge < -0.3 is 9.84 Å². The zero-order chi connectivity index (χ0) is 17.3. The first-order valence-corrected chi connectivity index (χ1v) is 9.40. The molecule has 0 spiro atoms. The van der Waals surface area contributed by atoms with Crippen LogP contribution in [0.25, 0.3) is 0 Å². The highest BCUT2D eigenvalue weighted by Gasteiger charge is 2.40. The van der Waals surface area contributed by atoms with Crippen LogP contribution in [0.4, 0.5) is 0 Å². The number of hydrogen-bond donors (Lipinski definition) is 1. The van der Waals surface area contributed by atoms with E-state index in [1.807, 2.05) is 11.8 Å². The Labute approximate surface area is 141 Å². The maximum atomic E-state index is 13.1. The molecule has 2 atom stereocenters. The van der Waals surface area contributed by atoms with Crippen molar-refractivity contribution in [1.29, 1.82) is 0 Å². The second-order valence-electron chi connectivity index (χ2n) is 6.53. The third-order valence-corrected chi connectivity index (χ3v) is 6.41. The van der Waals surface area contributed by atoms with Gasteiger partial charge in [0.1, 0.15) is 0 Å². The van der Waals surface area contributed by atoms with Crippen molar-refractivity contribution >= 4 is 16.0 Å². The van der Waals surface area contributed by atoms with E-state index >= 15 is 0 Å². The van der Waals surface area contributed by atoms with E-state index in [9.17, 15) is 13.2 Å². The number of carboxylic acids is 1. The number of rotatable bonds is 4. The highest BCUT2D eigenvalue weighted by Crippen LogP contribution is 2.26. The number of sulfonamides is 1. The van der Waals surface area contributed by atoms with Crippen LogP contribution in [0, 0.1) is 12.8 Å². The summed E-state index contributed by atoms with van der Waals surface area (Å²) in [6.45, 7) is 3.83. The summed E-state index contributed by atoms with van der Waals surface area (Å²) in [5.41, 5.74) is 1.000. The SMILES string of the molecule is Cc1ccc(S(=O)(=O)N2C[C@H]3COC[C@@H]2CN(CC(=O)O)C3)cc1. The molecule has 2 aliphatic heterocycles. The molecule has 0 unspecified atom stereocenters. The lowest BCUT2D eigenvalue weighted by molar-refractivity contribution is -0.138. The van der Waals surface area contributed by atoms with Crippen molar-refractivity contribution in [3.63, 3.8) is 0 Å². The van der Waals surface area contributed by atoms with Crippen LogP contribution in [0.15, 0.2) is 29.2 Å². The summed E-state index contributed by atoms with van der Waals surface area (Å²) >= 11 is 0. The lowest BCUT2D eigenvalue weighted by Gasteiger charge is -2.30. The fourth-order valence-corrected chi connectivity index (χ4v) is 5.04. The Bertz CT molecular complexity index is 704. The Hall–Kier alpha value is -1.48. The standard InChI is InChI=1S/C16H22N2O5S/c1-12-2-4-15(5-3-12)24(21,22)18-7-13-6-17(9-16(19)20)8-14(18)11-23-10-13/h2-5,13-14H,6-11H2,1H3,(H,19,20)/t13-,14-/m0/s1. The zero-order valence-corrected chi connectivity index (χ0v) is 14.4. The fraction of sp³-hybridized carbons (Fsp3) is 0.562. The van der Waals surface area contributed by atoms with Gasteiger partial charge >= 0.3 is 5.97 Å². The maximum absolute atomic E-state index is 13.1. The van der Waals surface area contributed by atoms with E-state index in [0.717, 1.165) is 5.56 Å². The number of carboxylic acid groups (broad SMARTS) is 1. The quantitative estimate of drug-likeness (QED) is 0.842. The topological polar surface area (TPSA) is 87.2 Å². The van der Waals surface area contributed by atoms with Gasteiger partial charge in [-0.15, -0.1) is 0 Å². The Kier molecular flexibility index (Phi) is 4.91. The van der Waals surface area contributed by atoms with E-state index < -0.39 is 16.0 Å². The number of hydrogen-bond acceptors (Lipinski definition) is 5. The van der Waals surface area contributed by atoms with Crippen LogP contribution in [0.3, 0.4) is 0 Å². The predicted molar refractivity (Wildman–Crippen MR) is 87.2 cm³/mol. The molecule has 2 aliphatic rings. The number of ether oxygens (including phenoxy) is 1. The van der Waals surface area contributed by atoms with Gasteiger partial charge in [0.25, 0.3) is 0 Å². The van der Waals surface area contributed by atoms with Gasteiger partial charge in [-0.2, -0.15) is 4.31 Å². The summed E-state index contributed by atoms with van der Waals surface area (Å²) in [7, 11) is -3.63. The third kappa shape index (κ3) is 3.61. The summed E-state index contributed by atoms with van der Waals surface area (Å²) < 4.78 is 33.2. The van der Waals surface area contributed by atoms with Crippen molar-refractivity contribution in [2.75, 3.05) is 39.4 Å². The van der Waals surface area contributed by atoms with Gasteiger partial charge in [0.05, 0.1) is 30.7 Å². The van der Waals surface area contributed by atoms with Crippen molar-refractivity contribution in [2.24, 2.45) is 5.92 Å². The maximum Gasteiger partial charge on any atom is 0.317 e. The van der Waals surface area contributed by atoms with Crippen molar-refractivity contribution in [2.45, 2.75) is 17.9 Å². The molecule has 2 bridgehead atoms. The van der Waals surface area contributed by atoms with Crippen LogP contribution in [-0.4, -0.2) is 74.1 Å². The molecule has 0 aromatic heterocycles. The molecule has 1 aromatic carbocycles. The molecule has 0 saturated carbocycles. The van der Waals surface area contributed by atoms with E-state index in [0.29, 0.717) is 26.2 Å². The summed E-state index contributed by atoms with van der Waals surface area (Å²) in [6, 6.07) is 6.43. The van der Waals surface area contributed by atoms with E-state index in [1.165, 1.54) is 4.31 Å². The van der Waals surface area contributed by atoms with Crippen molar-refractivity contribution < 1.29 is 23.1 Å². The Morgan fingerprint density at radius 2 is 1.92 bits per heavy atom. The molecule has 8 heteroatoms. The molecule has 7 nitrogen and oxygen atoms in total. The minimum Gasteiger partial charge on any atom is -0.480 e. The minimum absolute atomic E-state index is 0.0305. The Morgan fingerprint density at radius 3 is 2.58 bits per heavy atom. The van der Waals surface area contributed by atoms with Crippen LogP contribution in [-0.2, 0) is 19.6 Å². The zero-order valence-electron chi connectivity index (χ0n) is 13.6. The lowest BCUT2D eigenvalue weighted by Crippen LogP contribution is -2.47.